The van der Waals surface area contributed by atoms with Gasteiger partial charge in [0.15, 0.2) is 0 Å². The molecule has 0 bridgehead atoms. The maximum atomic E-state index is 11.9. The van der Waals surface area contributed by atoms with Gasteiger partial charge in [0.25, 0.3) is 0 Å². The Bertz CT molecular complexity index is 976. The van der Waals surface area contributed by atoms with E-state index in [1.165, 1.54) is 0 Å². The van der Waals surface area contributed by atoms with Gasteiger partial charge in [-0.25, -0.2) is 4.79 Å². The number of rotatable bonds is 2. The fourth-order valence-electron chi connectivity index (χ4n) is 3.20. The molecular formula is C18H17ClN2O4. The van der Waals surface area contributed by atoms with E-state index in [1.807, 2.05) is 12.1 Å². The van der Waals surface area contributed by atoms with Crippen LogP contribution in [-0.4, -0.2) is 23.4 Å². The number of ether oxygens (including phenoxy) is 2. The summed E-state index contributed by atoms with van der Waals surface area (Å²) in [5.41, 5.74) is 2.23. The highest BCUT2D eigenvalue weighted by atomic mass is 35.5. The number of methoxy groups -OCH3 is 1. The monoisotopic (exact) mass is 360 g/mol. The van der Waals surface area contributed by atoms with E-state index in [4.69, 9.17) is 25.6 Å². The number of hydrogen-bond donors (Lipinski definition) is 0. The first-order valence-electron chi connectivity index (χ1n) is 8.02. The van der Waals surface area contributed by atoms with Gasteiger partial charge in [-0.3, -0.25) is 0 Å². The standard InChI is InChI=1S/C18H17ClN2O4/c1-9(2)15-8-24-16-6-17(23-3)12(19)4-10(16)14-5-13-11(7-21(14)15)18(22)25-20-13/h4-7,9,15H,8H2,1-3H3. The summed E-state index contributed by atoms with van der Waals surface area (Å²) in [4.78, 5) is 11.9. The van der Waals surface area contributed by atoms with Crippen LogP contribution in [0.2, 0.25) is 5.02 Å². The number of benzene rings is 1. The molecule has 1 aromatic carbocycles. The summed E-state index contributed by atoms with van der Waals surface area (Å²) in [5, 5.41) is 4.35. The summed E-state index contributed by atoms with van der Waals surface area (Å²) in [6, 6.07) is 5.49. The summed E-state index contributed by atoms with van der Waals surface area (Å²) >= 11 is 6.33. The Labute approximate surface area is 149 Å². The van der Waals surface area contributed by atoms with E-state index in [1.54, 1.807) is 19.4 Å². The third kappa shape index (κ3) is 2.48. The van der Waals surface area contributed by atoms with Gasteiger partial charge in [0, 0.05) is 17.8 Å². The number of pyridine rings is 1. The molecule has 4 rings (SSSR count). The van der Waals surface area contributed by atoms with Gasteiger partial charge in [-0.1, -0.05) is 30.6 Å². The van der Waals surface area contributed by atoms with Crippen LogP contribution < -0.4 is 15.1 Å². The average molecular weight is 361 g/mol. The molecule has 0 fully saturated rings. The molecule has 130 valence electrons. The van der Waals surface area contributed by atoms with Crippen LogP contribution in [0.3, 0.4) is 0 Å². The minimum Gasteiger partial charge on any atom is -0.495 e. The Morgan fingerprint density at radius 1 is 1.32 bits per heavy atom. The van der Waals surface area contributed by atoms with Crippen molar-refractivity contribution < 1.29 is 14.0 Å². The summed E-state index contributed by atoms with van der Waals surface area (Å²) < 4.78 is 18.2. The van der Waals surface area contributed by atoms with E-state index in [0.29, 0.717) is 40.3 Å². The number of fused-ring (bicyclic) bond motifs is 4. The van der Waals surface area contributed by atoms with Crippen molar-refractivity contribution in [3.63, 3.8) is 0 Å². The van der Waals surface area contributed by atoms with Crippen LogP contribution in [0.25, 0.3) is 22.5 Å². The Balaban J connectivity index is 2.04. The molecule has 0 N–H and O–H groups in total. The Kier molecular flexibility index (Phi) is 3.72. The van der Waals surface area contributed by atoms with Crippen molar-refractivity contribution in [1.29, 1.82) is 0 Å². The zero-order valence-electron chi connectivity index (χ0n) is 14.1. The first-order valence-corrected chi connectivity index (χ1v) is 8.39. The van der Waals surface area contributed by atoms with Gasteiger partial charge in [0.1, 0.15) is 29.4 Å². The summed E-state index contributed by atoms with van der Waals surface area (Å²) in [6.07, 6.45) is 1.80. The zero-order chi connectivity index (χ0) is 17.7. The van der Waals surface area contributed by atoms with E-state index in [0.717, 1.165) is 11.3 Å². The van der Waals surface area contributed by atoms with Crippen molar-refractivity contribution in [3.05, 3.63) is 39.8 Å². The molecule has 6 nitrogen and oxygen atoms in total. The number of aromatic nitrogens is 2. The smallest absolute Gasteiger partial charge is 0.369 e. The number of hydrogen-bond acceptors (Lipinski definition) is 5. The molecule has 0 radical (unpaired) electrons. The summed E-state index contributed by atoms with van der Waals surface area (Å²) in [6.45, 7) is 4.70. The molecule has 1 atom stereocenters. The van der Waals surface area contributed by atoms with Crippen LogP contribution in [-0.2, 0) is 0 Å². The first kappa shape index (κ1) is 16.0. The lowest BCUT2D eigenvalue weighted by atomic mass is 10.0. The van der Waals surface area contributed by atoms with E-state index < -0.39 is 5.63 Å². The Hall–Kier alpha value is -2.47. The fourth-order valence-corrected chi connectivity index (χ4v) is 3.44. The van der Waals surface area contributed by atoms with Crippen LogP contribution in [0.4, 0.5) is 0 Å². The van der Waals surface area contributed by atoms with E-state index in [9.17, 15) is 4.79 Å². The van der Waals surface area contributed by atoms with Crippen LogP contribution in [0.1, 0.15) is 19.9 Å². The maximum Gasteiger partial charge on any atom is 0.369 e. The predicted molar refractivity (Wildman–Crippen MR) is 93.8 cm³/mol. The summed E-state index contributed by atoms with van der Waals surface area (Å²) in [5.74, 6) is 1.53. The molecule has 25 heavy (non-hydrogen) atoms. The van der Waals surface area contributed by atoms with Gasteiger partial charge < -0.3 is 18.6 Å². The van der Waals surface area contributed by atoms with Gasteiger partial charge in [-0.2, -0.15) is 0 Å². The molecule has 1 aromatic rings. The van der Waals surface area contributed by atoms with Crippen molar-refractivity contribution in [3.8, 4) is 34.0 Å². The van der Waals surface area contributed by atoms with E-state index in [-0.39, 0.29) is 6.04 Å². The molecule has 0 saturated carbocycles. The Morgan fingerprint density at radius 3 is 2.84 bits per heavy atom. The summed E-state index contributed by atoms with van der Waals surface area (Å²) in [7, 11) is 1.57. The van der Waals surface area contributed by atoms with Crippen molar-refractivity contribution in [2.75, 3.05) is 13.7 Å². The predicted octanol–water partition coefficient (Wildman–Crippen LogP) is 3.86. The van der Waals surface area contributed by atoms with Crippen molar-refractivity contribution in [1.82, 2.24) is 9.72 Å². The minimum absolute atomic E-state index is 0.0471. The largest absolute Gasteiger partial charge is 0.495 e. The fraction of sp³-hybridized carbons (Fsp3) is 0.333. The normalized spacial score (nSPS) is 16.3. The average Bonchev–Trinajstić information content (AvgIpc) is 2.87. The van der Waals surface area contributed by atoms with Crippen molar-refractivity contribution in [2.45, 2.75) is 19.9 Å². The van der Waals surface area contributed by atoms with Crippen LogP contribution in [0, 0.1) is 5.92 Å². The highest BCUT2D eigenvalue weighted by Crippen LogP contribution is 2.43. The zero-order valence-corrected chi connectivity index (χ0v) is 14.8. The van der Waals surface area contributed by atoms with E-state index in [2.05, 4.69) is 23.6 Å². The third-order valence-corrected chi connectivity index (χ3v) is 4.90. The molecular weight excluding hydrogens is 344 g/mol. The second kappa shape index (κ2) is 5.81. The SMILES string of the molecule is COc1cc2c(cc1Cl)-c1cc3noc(=O)c-3cn1C(C(C)C)CO2. The van der Waals surface area contributed by atoms with Crippen LogP contribution in [0.5, 0.6) is 11.5 Å². The molecule has 3 aliphatic rings. The molecule has 0 amide bonds. The molecule has 1 unspecified atom stereocenters. The van der Waals surface area contributed by atoms with Crippen molar-refractivity contribution >= 4 is 11.6 Å². The molecule has 3 heterocycles. The van der Waals surface area contributed by atoms with Gasteiger partial charge in [-0.15, -0.1) is 0 Å². The second-order valence-electron chi connectivity index (χ2n) is 6.44. The molecule has 0 spiro atoms. The molecule has 3 aliphatic heterocycles. The van der Waals surface area contributed by atoms with Gasteiger partial charge in [0.05, 0.1) is 23.9 Å². The number of nitrogens with zero attached hydrogens (tertiary/aromatic N) is 2. The first-order chi connectivity index (χ1) is 12.0. The van der Waals surface area contributed by atoms with Crippen molar-refractivity contribution in [2.24, 2.45) is 5.92 Å². The lowest BCUT2D eigenvalue weighted by Crippen LogP contribution is -2.22. The van der Waals surface area contributed by atoms with Crippen LogP contribution in [0.15, 0.2) is 33.7 Å². The Morgan fingerprint density at radius 2 is 2.12 bits per heavy atom. The molecule has 0 aromatic heterocycles. The van der Waals surface area contributed by atoms with Crippen LogP contribution >= 0.6 is 11.6 Å². The number of halogens is 1. The minimum atomic E-state index is -0.439. The van der Waals surface area contributed by atoms with Gasteiger partial charge in [0.2, 0.25) is 0 Å². The molecule has 0 aliphatic carbocycles. The topological polar surface area (TPSA) is 66.5 Å². The quantitative estimate of drug-likeness (QED) is 0.694. The molecule has 7 heteroatoms. The maximum absolute atomic E-state index is 11.9. The second-order valence-corrected chi connectivity index (χ2v) is 6.85. The third-order valence-electron chi connectivity index (χ3n) is 4.61. The molecule has 0 saturated heterocycles. The highest BCUT2D eigenvalue weighted by molar-refractivity contribution is 6.32. The van der Waals surface area contributed by atoms with Gasteiger partial charge in [-0.05, 0) is 18.1 Å². The highest BCUT2D eigenvalue weighted by Gasteiger charge is 2.28. The van der Waals surface area contributed by atoms with Gasteiger partial charge >= 0.3 is 5.63 Å². The van der Waals surface area contributed by atoms with E-state index >= 15 is 0 Å². The lowest BCUT2D eigenvalue weighted by Gasteiger charge is -2.24. The lowest BCUT2D eigenvalue weighted by molar-refractivity contribution is 0.219.